The zero-order chi connectivity index (χ0) is 18.6. The minimum atomic E-state index is -5.12. The predicted octanol–water partition coefficient (Wildman–Crippen LogP) is 3.74. The second-order valence-corrected chi connectivity index (χ2v) is 7.01. The monoisotopic (exact) mass is 357 g/mol. The molecule has 1 aliphatic heterocycles. The molecular weight excluding hydrogens is 342 g/mol. The minimum Gasteiger partial charge on any atom is -0.428 e. The van der Waals surface area contributed by atoms with Crippen molar-refractivity contribution in [3.05, 3.63) is 41.4 Å². The molecule has 1 atom stereocenters. The third-order valence-corrected chi connectivity index (χ3v) is 4.33. The number of nitrogens with one attached hydrogen (secondary N) is 1. The summed E-state index contributed by atoms with van der Waals surface area (Å²) in [6.45, 7) is 3.42. The molecule has 0 amide bonds. The summed E-state index contributed by atoms with van der Waals surface area (Å²) >= 11 is 0. The molecule has 25 heavy (non-hydrogen) atoms. The van der Waals surface area contributed by atoms with Crippen LogP contribution in [-0.2, 0) is 14.3 Å². The number of esters is 1. The molecule has 134 valence electrons. The number of Topliss-reactive ketones (excluding diaryl/α,β-unsaturated/α-hetero) is 1. The Labute approximate surface area is 140 Å². The van der Waals surface area contributed by atoms with Crippen LogP contribution >= 0.6 is 0 Å². The van der Waals surface area contributed by atoms with Crippen LogP contribution in [0.5, 0.6) is 0 Å². The van der Waals surface area contributed by atoms with Crippen LogP contribution in [0.1, 0.15) is 26.7 Å². The van der Waals surface area contributed by atoms with Crippen molar-refractivity contribution < 1.29 is 31.9 Å². The van der Waals surface area contributed by atoms with Crippen molar-refractivity contribution in [2.75, 3.05) is 5.32 Å². The van der Waals surface area contributed by atoms with Gasteiger partial charge in [0.05, 0.1) is 5.57 Å². The van der Waals surface area contributed by atoms with Crippen LogP contribution in [0, 0.1) is 11.2 Å². The summed E-state index contributed by atoms with van der Waals surface area (Å²) in [6.07, 6.45) is -5.21. The number of anilines is 1. The van der Waals surface area contributed by atoms with Crippen LogP contribution in [-0.4, -0.2) is 23.5 Å². The summed E-state index contributed by atoms with van der Waals surface area (Å²) in [5.41, 5.74) is -4.74. The number of hydrogen-bond donors (Lipinski definition) is 1. The fourth-order valence-corrected chi connectivity index (χ4v) is 3.25. The number of benzene rings is 1. The molecule has 0 bridgehead atoms. The average molecular weight is 357 g/mol. The molecule has 4 nitrogen and oxygen atoms in total. The highest BCUT2D eigenvalue weighted by atomic mass is 19.4. The number of carbonyl (C=O) groups excluding carboxylic acids is 2. The standard InChI is InChI=1S/C17H15F4NO3/c1-15(2)7-11(23)13-12(8-15)25-14(24)16(13,17(19,20)21)22-10-5-3-9(18)4-6-10/h3-6,22H,7-8H2,1-2H3/t16-/m0/s1. The van der Waals surface area contributed by atoms with Gasteiger partial charge in [0.2, 0.25) is 0 Å². The van der Waals surface area contributed by atoms with Crippen LogP contribution in [0.15, 0.2) is 35.6 Å². The first-order valence-corrected chi connectivity index (χ1v) is 7.56. The van der Waals surface area contributed by atoms with E-state index in [2.05, 4.69) is 5.32 Å². The largest absolute Gasteiger partial charge is 0.428 e. The quantitative estimate of drug-likeness (QED) is 0.647. The molecule has 0 radical (unpaired) electrons. The summed E-state index contributed by atoms with van der Waals surface area (Å²) in [7, 11) is 0. The minimum absolute atomic E-state index is 0.0444. The molecule has 1 aromatic rings. The number of allylic oxidation sites excluding steroid dienone is 1. The fraction of sp³-hybridized carbons (Fsp3) is 0.412. The number of carbonyl (C=O) groups is 2. The molecule has 0 spiro atoms. The Bertz CT molecular complexity index is 780. The molecule has 0 aromatic heterocycles. The number of ether oxygens (including phenoxy) is 1. The molecule has 8 heteroatoms. The normalized spacial score (nSPS) is 25.7. The van der Waals surface area contributed by atoms with E-state index in [-0.39, 0.29) is 24.3 Å². The number of alkyl halides is 3. The maximum atomic E-state index is 13.9. The molecule has 0 fully saturated rings. The highest BCUT2D eigenvalue weighted by Gasteiger charge is 2.71. The first-order chi connectivity index (χ1) is 11.5. The van der Waals surface area contributed by atoms with Crippen molar-refractivity contribution in [1.29, 1.82) is 0 Å². The van der Waals surface area contributed by atoms with Crippen molar-refractivity contribution in [3.8, 4) is 0 Å². The molecular formula is C17H15F4NO3. The maximum Gasteiger partial charge on any atom is 0.427 e. The molecule has 1 heterocycles. The fourth-order valence-electron chi connectivity index (χ4n) is 3.25. The van der Waals surface area contributed by atoms with Crippen LogP contribution < -0.4 is 5.32 Å². The molecule has 0 unspecified atom stereocenters. The van der Waals surface area contributed by atoms with Crippen molar-refractivity contribution in [2.24, 2.45) is 5.41 Å². The Morgan fingerprint density at radius 3 is 2.24 bits per heavy atom. The zero-order valence-corrected chi connectivity index (χ0v) is 13.5. The van der Waals surface area contributed by atoms with Crippen molar-refractivity contribution >= 4 is 17.4 Å². The molecule has 1 aliphatic carbocycles. The Morgan fingerprint density at radius 2 is 1.68 bits per heavy atom. The first-order valence-electron chi connectivity index (χ1n) is 7.56. The van der Waals surface area contributed by atoms with E-state index in [0.29, 0.717) is 0 Å². The lowest BCUT2D eigenvalue weighted by atomic mass is 9.72. The van der Waals surface area contributed by atoms with E-state index in [1.165, 1.54) is 0 Å². The predicted molar refractivity (Wildman–Crippen MR) is 79.9 cm³/mol. The van der Waals surface area contributed by atoms with Gasteiger partial charge in [-0.25, -0.2) is 9.18 Å². The second-order valence-electron chi connectivity index (χ2n) is 7.01. The summed E-state index contributed by atoms with van der Waals surface area (Å²) in [4.78, 5) is 24.7. The van der Waals surface area contributed by atoms with Gasteiger partial charge in [0.1, 0.15) is 11.6 Å². The van der Waals surface area contributed by atoms with Crippen LogP contribution in [0.25, 0.3) is 0 Å². The van der Waals surface area contributed by atoms with Gasteiger partial charge in [-0.15, -0.1) is 0 Å². The van der Waals surface area contributed by atoms with Gasteiger partial charge in [-0.1, -0.05) is 13.8 Å². The smallest absolute Gasteiger partial charge is 0.427 e. The lowest BCUT2D eigenvalue weighted by Crippen LogP contribution is -2.59. The van der Waals surface area contributed by atoms with Gasteiger partial charge in [0.25, 0.3) is 5.54 Å². The number of hydrogen-bond acceptors (Lipinski definition) is 4. The van der Waals surface area contributed by atoms with E-state index in [1.54, 1.807) is 13.8 Å². The SMILES string of the molecule is CC1(C)CC(=O)C2=C(C1)OC(=O)[C@]2(Nc1ccc(F)cc1)C(F)(F)F. The Balaban J connectivity index is 2.15. The third kappa shape index (κ3) is 2.69. The van der Waals surface area contributed by atoms with E-state index in [1.807, 2.05) is 0 Å². The van der Waals surface area contributed by atoms with Gasteiger partial charge in [-0.3, -0.25) is 4.79 Å². The summed E-state index contributed by atoms with van der Waals surface area (Å²) in [5, 5.41) is 2.08. The molecule has 1 aromatic carbocycles. The summed E-state index contributed by atoms with van der Waals surface area (Å²) < 4.78 is 59.7. The molecule has 1 N–H and O–H groups in total. The van der Waals surface area contributed by atoms with Crippen LogP contribution in [0.3, 0.4) is 0 Å². The number of rotatable bonds is 2. The van der Waals surface area contributed by atoms with Crippen LogP contribution in [0.2, 0.25) is 0 Å². The molecule has 0 saturated heterocycles. The summed E-state index contributed by atoms with van der Waals surface area (Å²) in [5.74, 6) is -3.28. The van der Waals surface area contributed by atoms with Gasteiger partial charge < -0.3 is 10.1 Å². The van der Waals surface area contributed by atoms with E-state index >= 15 is 0 Å². The van der Waals surface area contributed by atoms with Gasteiger partial charge in [-0.2, -0.15) is 13.2 Å². The van der Waals surface area contributed by atoms with Gasteiger partial charge in [0, 0.05) is 18.5 Å². The van der Waals surface area contributed by atoms with Crippen molar-refractivity contribution in [1.82, 2.24) is 0 Å². The average Bonchev–Trinajstić information content (AvgIpc) is 2.72. The lowest BCUT2D eigenvalue weighted by molar-refractivity contribution is -0.185. The Morgan fingerprint density at radius 1 is 1.08 bits per heavy atom. The van der Waals surface area contributed by atoms with E-state index in [4.69, 9.17) is 4.74 Å². The van der Waals surface area contributed by atoms with E-state index in [9.17, 15) is 27.2 Å². The van der Waals surface area contributed by atoms with Gasteiger partial charge >= 0.3 is 12.1 Å². The maximum absolute atomic E-state index is 13.9. The Kier molecular flexibility index (Phi) is 3.70. The van der Waals surface area contributed by atoms with E-state index in [0.717, 1.165) is 24.3 Å². The Hall–Kier alpha value is -2.38. The highest BCUT2D eigenvalue weighted by Crippen LogP contribution is 2.51. The zero-order valence-electron chi connectivity index (χ0n) is 13.5. The second kappa shape index (κ2) is 5.31. The lowest BCUT2D eigenvalue weighted by Gasteiger charge is -2.34. The number of ketones is 1. The van der Waals surface area contributed by atoms with Crippen LogP contribution in [0.4, 0.5) is 23.2 Å². The van der Waals surface area contributed by atoms with Gasteiger partial charge in [-0.05, 0) is 29.7 Å². The summed E-state index contributed by atoms with van der Waals surface area (Å²) in [6, 6.07) is 4.03. The van der Waals surface area contributed by atoms with E-state index < -0.39 is 40.3 Å². The molecule has 0 saturated carbocycles. The number of halogens is 4. The first kappa shape index (κ1) is 17.4. The molecule has 2 aliphatic rings. The van der Waals surface area contributed by atoms with Crippen molar-refractivity contribution in [2.45, 2.75) is 38.4 Å². The van der Waals surface area contributed by atoms with Crippen molar-refractivity contribution in [3.63, 3.8) is 0 Å². The van der Waals surface area contributed by atoms with Gasteiger partial charge in [0.15, 0.2) is 5.78 Å². The third-order valence-electron chi connectivity index (χ3n) is 4.33. The topological polar surface area (TPSA) is 55.4 Å². The molecule has 3 rings (SSSR count). The highest BCUT2D eigenvalue weighted by molar-refractivity contribution is 6.11.